The number of benzene rings is 1. The highest BCUT2D eigenvalue weighted by Gasteiger charge is 2.25. The molecule has 24 heavy (non-hydrogen) atoms. The number of hydrogen-bond donors (Lipinski definition) is 0. The minimum Gasteiger partial charge on any atom is -0.484 e. The minimum atomic E-state index is -0.0325. The lowest BCUT2D eigenvalue weighted by Crippen LogP contribution is -2.49. The Kier molecular flexibility index (Phi) is 4.80. The van der Waals surface area contributed by atoms with E-state index in [1.165, 1.54) is 0 Å². The fraction of sp³-hybridized carbons (Fsp3) is 0.471. The van der Waals surface area contributed by atoms with Gasteiger partial charge < -0.3 is 18.9 Å². The molecular weight excluding hydrogens is 310 g/mol. The molecule has 1 amide bonds. The molecule has 0 saturated carbocycles. The van der Waals surface area contributed by atoms with Crippen molar-refractivity contribution in [2.45, 2.75) is 33.0 Å². The summed E-state index contributed by atoms with van der Waals surface area (Å²) in [5.74, 6) is 1.65. The van der Waals surface area contributed by atoms with Crippen LogP contribution in [-0.4, -0.2) is 52.9 Å². The van der Waals surface area contributed by atoms with E-state index in [0.717, 1.165) is 5.56 Å². The first-order valence-corrected chi connectivity index (χ1v) is 7.98. The van der Waals surface area contributed by atoms with Crippen LogP contribution in [0.1, 0.15) is 19.7 Å². The molecule has 1 aromatic heterocycles. The predicted octanol–water partition coefficient (Wildman–Crippen LogP) is 2.06. The topological polar surface area (TPSA) is 77.7 Å². The van der Waals surface area contributed by atoms with E-state index >= 15 is 0 Å². The third kappa shape index (κ3) is 3.91. The number of aromatic nitrogens is 2. The van der Waals surface area contributed by atoms with E-state index in [4.69, 9.17) is 14.0 Å². The zero-order chi connectivity index (χ0) is 17.1. The lowest BCUT2D eigenvalue weighted by atomic mass is 10.2. The minimum absolute atomic E-state index is 0.0140. The molecule has 128 valence electrons. The standard InChI is InChI=1S/C17H21N3O4/c1-11-8-20(9-12(2)23-11)16(21)10-22-15-6-4-14(5-7-15)17-18-13(3)24-19-17/h4-7,11-12H,8-10H2,1-3H3. The van der Waals surface area contributed by atoms with E-state index in [9.17, 15) is 4.79 Å². The monoisotopic (exact) mass is 331 g/mol. The van der Waals surface area contributed by atoms with Gasteiger partial charge >= 0.3 is 0 Å². The largest absolute Gasteiger partial charge is 0.484 e. The average Bonchev–Trinajstić information content (AvgIpc) is 2.98. The van der Waals surface area contributed by atoms with Crippen LogP contribution in [0.15, 0.2) is 28.8 Å². The van der Waals surface area contributed by atoms with Gasteiger partial charge in [0.15, 0.2) is 6.61 Å². The summed E-state index contributed by atoms with van der Waals surface area (Å²) in [4.78, 5) is 18.2. The molecule has 0 N–H and O–H groups in total. The van der Waals surface area contributed by atoms with Crippen LogP contribution < -0.4 is 4.74 Å². The number of nitrogens with zero attached hydrogens (tertiary/aromatic N) is 3. The molecule has 1 aliphatic rings. The SMILES string of the molecule is Cc1nc(-c2ccc(OCC(=O)N3CC(C)OC(C)C3)cc2)no1. The van der Waals surface area contributed by atoms with Crippen molar-refractivity contribution in [2.75, 3.05) is 19.7 Å². The van der Waals surface area contributed by atoms with Crippen molar-refractivity contribution < 1.29 is 18.8 Å². The van der Waals surface area contributed by atoms with E-state index in [0.29, 0.717) is 30.6 Å². The van der Waals surface area contributed by atoms with Gasteiger partial charge in [0.1, 0.15) is 5.75 Å². The van der Waals surface area contributed by atoms with Gasteiger partial charge in [-0.2, -0.15) is 4.98 Å². The highest BCUT2D eigenvalue weighted by molar-refractivity contribution is 5.78. The number of rotatable bonds is 4. The highest BCUT2D eigenvalue weighted by atomic mass is 16.5. The van der Waals surface area contributed by atoms with Gasteiger partial charge in [-0.15, -0.1) is 0 Å². The molecule has 1 fully saturated rings. The number of hydrogen-bond acceptors (Lipinski definition) is 6. The number of morpholine rings is 1. The van der Waals surface area contributed by atoms with Crippen molar-refractivity contribution in [3.8, 4) is 17.1 Å². The maximum absolute atomic E-state index is 12.3. The zero-order valence-corrected chi connectivity index (χ0v) is 14.1. The Labute approximate surface area is 140 Å². The Morgan fingerprint density at radius 1 is 1.25 bits per heavy atom. The smallest absolute Gasteiger partial charge is 0.260 e. The summed E-state index contributed by atoms with van der Waals surface area (Å²) >= 11 is 0. The molecule has 0 spiro atoms. The second-order valence-corrected chi connectivity index (χ2v) is 6.01. The third-order valence-corrected chi connectivity index (χ3v) is 3.77. The summed E-state index contributed by atoms with van der Waals surface area (Å²) in [7, 11) is 0. The molecule has 7 heteroatoms. The Bertz CT molecular complexity index is 688. The average molecular weight is 331 g/mol. The third-order valence-electron chi connectivity index (χ3n) is 3.77. The summed E-state index contributed by atoms with van der Waals surface area (Å²) in [6, 6.07) is 7.25. The number of amides is 1. The summed E-state index contributed by atoms with van der Waals surface area (Å²) in [6.45, 7) is 6.89. The van der Waals surface area contributed by atoms with Crippen LogP contribution >= 0.6 is 0 Å². The summed E-state index contributed by atoms with van der Waals surface area (Å²) in [5, 5.41) is 3.87. The van der Waals surface area contributed by atoms with Crippen LogP contribution in [0.4, 0.5) is 0 Å². The van der Waals surface area contributed by atoms with Crippen molar-refractivity contribution in [3.63, 3.8) is 0 Å². The fourth-order valence-electron chi connectivity index (χ4n) is 2.73. The van der Waals surface area contributed by atoms with Gasteiger partial charge in [-0.25, -0.2) is 0 Å². The van der Waals surface area contributed by atoms with Crippen molar-refractivity contribution >= 4 is 5.91 Å². The molecule has 7 nitrogen and oxygen atoms in total. The predicted molar refractivity (Wildman–Crippen MR) is 86.6 cm³/mol. The van der Waals surface area contributed by atoms with Gasteiger partial charge in [-0.1, -0.05) is 5.16 Å². The summed E-state index contributed by atoms with van der Waals surface area (Å²) in [6.07, 6.45) is 0.103. The number of ether oxygens (including phenoxy) is 2. The quantitative estimate of drug-likeness (QED) is 0.853. The van der Waals surface area contributed by atoms with Crippen LogP contribution in [0.5, 0.6) is 5.75 Å². The highest BCUT2D eigenvalue weighted by Crippen LogP contribution is 2.20. The van der Waals surface area contributed by atoms with E-state index in [1.54, 1.807) is 24.0 Å². The van der Waals surface area contributed by atoms with Crippen LogP contribution in [0.3, 0.4) is 0 Å². The number of carbonyl (C=O) groups is 1. The van der Waals surface area contributed by atoms with E-state index in [-0.39, 0.29) is 24.7 Å². The van der Waals surface area contributed by atoms with Crippen molar-refractivity contribution in [3.05, 3.63) is 30.2 Å². The lowest BCUT2D eigenvalue weighted by molar-refractivity contribution is -0.145. The van der Waals surface area contributed by atoms with E-state index in [2.05, 4.69) is 10.1 Å². The van der Waals surface area contributed by atoms with E-state index in [1.807, 2.05) is 26.0 Å². The molecule has 1 saturated heterocycles. The molecular formula is C17H21N3O4. The maximum atomic E-state index is 12.3. The number of aryl methyl sites for hydroxylation is 1. The van der Waals surface area contributed by atoms with Crippen LogP contribution in [0.25, 0.3) is 11.4 Å². The molecule has 2 aromatic rings. The van der Waals surface area contributed by atoms with Gasteiger partial charge in [0.25, 0.3) is 5.91 Å². The zero-order valence-electron chi connectivity index (χ0n) is 14.1. The van der Waals surface area contributed by atoms with Gasteiger partial charge in [0, 0.05) is 25.6 Å². The Balaban J connectivity index is 1.55. The molecule has 2 atom stereocenters. The molecule has 0 radical (unpaired) electrons. The lowest BCUT2D eigenvalue weighted by Gasteiger charge is -2.35. The van der Waals surface area contributed by atoms with Crippen LogP contribution in [-0.2, 0) is 9.53 Å². The summed E-state index contributed by atoms with van der Waals surface area (Å²) in [5.41, 5.74) is 0.835. The first-order valence-electron chi connectivity index (χ1n) is 7.98. The van der Waals surface area contributed by atoms with Gasteiger partial charge in [0.05, 0.1) is 12.2 Å². The molecule has 2 heterocycles. The normalized spacial score (nSPS) is 20.9. The molecule has 1 aromatic carbocycles. The first-order chi connectivity index (χ1) is 11.5. The van der Waals surface area contributed by atoms with Gasteiger partial charge in [-0.3, -0.25) is 4.79 Å². The Hall–Kier alpha value is -2.41. The van der Waals surface area contributed by atoms with Crippen molar-refractivity contribution in [1.82, 2.24) is 15.0 Å². The first kappa shape index (κ1) is 16.4. The molecule has 0 bridgehead atoms. The Morgan fingerprint density at radius 3 is 2.50 bits per heavy atom. The van der Waals surface area contributed by atoms with Crippen LogP contribution in [0, 0.1) is 6.92 Å². The molecule has 1 aliphatic heterocycles. The van der Waals surface area contributed by atoms with Crippen LogP contribution in [0.2, 0.25) is 0 Å². The molecule has 2 unspecified atom stereocenters. The van der Waals surface area contributed by atoms with Gasteiger partial charge in [0.2, 0.25) is 11.7 Å². The number of carbonyl (C=O) groups excluding carboxylic acids is 1. The second kappa shape index (κ2) is 7.00. The van der Waals surface area contributed by atoms with Crippen molar-refractivity contribution in [2.24, 2.45) is 0 Å². The van der Waals surface area contributed by atoms with E-state index < -0.39 is 0 Å². The van der Waals surface area contributed by atoms with Crippen molar-refractivity contribution in [1.29, 1.82) is 0 Å². The summed E-state index contributed by atoms with van der Waals surface area (Å²) < 4.78 is 16.2. The van der Waals surface area contributed by atoms with Gasteiger partial charge in [-0.05, 0) is 38.1 Å². The maximum Gasteiger partial charge on any atom is 0.260 e. The molecule has 0 aliphatic carbocycles. The Morgan fingerprint density at radius 2 is 1.92 bits per heavy atom. The molecule has 3 rings (SSSR count). The second-order valence-electron chi connectivity index (χ2n) is 6.01. The fourth-order valence-corrected chi connectivity index (χ4v) is 2.73.